The summed E-state index contributed by atoms with van der Waals surface area (Å²) < 4.78 is 11.0. The summed E-state index contributed by atoms with van der Waals surface area (Å²) in [6.45, 7) is 5.58. The molecule has 1 heterocycles. The Bertz CT molecular complexity index is 595. The van der Waals surface area contributed by atoms with Gasteiger partial charge in [0.2, 0.25) is 0 Å². The SMILES string of the molecule is CCNC(=NCC(O)COc1cccc(Cl)c1Cl)N(C)CC1CCOC1. The molecule has 1 aromatic rings. The van der Waals surface area contributed by atoms with Crippen LogP contribution in [0.5, 0.6) is 5.75 Å². The predicted octanol–water partition coefficient (Wildman–Crippen LogP) is 2.67. The van der Waals surface area contributed by atoms with Crippen molar-refractivity contribution in [3.8, 4) is 5.75 Å². The van der Waals surface area contributed by atoms with Crippen LogP contribution in [0.3, 0.4) is 0 Å². The molecular formula is C18H27Cl2N3O3. The van der Waals surface area contributed by atoms with Crippen LogP contribution in [-0.4, -0.2) is 68.6 Å². The highest BCUT2D eigenvalue weighted by molar-refractivity contribution is 6.42. The van der Waals surface area contributed by atoms with E-state index in [0.29, 0.717) is 21.7 Å². The minimum Gasteiger partial charge on any atom is -0.489 e. The van der Waals surface area contributed by atoms with Crippen molar-refractivity contribution < 1.29 is 14.6 Å². The van der Waals surface area contributed by atoms with Gasteiger partial charge in [-0.2, -0.15) is 0 Å². The Morgan fingerprint density at radius 1 is 1.50 bits per heavy atom. The van der Waals surface area contributed by atoms with Crippen LogP contribution >= 0.6 is 23.2 Å². The van der Waals surface area contributed by atoms with Crippen LogP contribution in [0.4, 0.5) is 0 Å². The molecule has 0 bridgehead atoms. The van der Waals surface area contributed by atoms with Crippen molar-refractivity contribution in [3.05, 3.63) is 28.2 Å². The number of nitrogens with zero attached hydrogens (tertiary/aromatic N) is 2. The Hall–Kier alpha value is -1.21. The fourth-order valence-electron chi connectivity index (χ4n) is 2.70. The average Bonchev–Trinajstić information content (AvgIpc) is 3.12. The summed E-state index contributed by atoms with van der Waals surface area (Å²) >= 11 is 12.0. The van der Waals surface area contributed by atoms with Gasteiger partial charge in [-0.25, -0.2) is 0 Å². The van der Waals surface area contributed by atoms with Crippen molar-refractivity contribution in [1.82, 2.24) is 10.2 Å². The van der Waals surface area contributed by atoms with Crippen LogP contribution in [-0.2, 0) is 4.74 Å². The lowest BCUT2D eigenvalue weighted by Crippen LogP contribution is -2.42. The topological polar surface area (TPSA) is 66.3 Å². The molecule has 6 nitrogen and oxygen atoms in total. The van der Waals surface area contributed by atoms with Crippen molar-refractivity contribution in [2.75, 3.05) is 46.5 Å². The smallest absolute Gasteiger partial charge is 0.193 e. The molecule has 1 aromatic carbocycles. The summed E-state index contributed by atoms with van der Waals surface area (Å²) in [4.78, 5) is 6.58. The van der Waals surface area contributed by atoms with E-state index in [1.807, 2.05) is 14.0 Å². The molecule has 0 spiro atoms. The Labute approximate surface area is 165 Å². The van der Waals surface area contributed by atoms with E-state index in [4.69, 9.17) is 32.7 Å². The summed E-state index contributed by atoms with van der Waals surface area (Å²) in [7, 11) is 1.99. The monoisotopic (exact) mass is 403 g/mol. The summed E-state index contributed by atoms with van der Waals surface area (Å²) in [6, 6.07) is 5.15. The number of halogens is 2. The molecule has 1 aliphatic rings. The van der Waals surface area contributed by atoms with Crippen LogP contribution in [0.1, 0.15) is 13.3 Å². The molecule has 0 saturated carbocycles. The summed E-state index contributed by atoms with van der Waals surface area (Å²) in [5.74, 6) is 1.73. The maximum absolute atomic E-state index is 10.2. The fourth-order valence-corrected chi connectivity index (χ4v) is 3.04. The lowest BCUT2D eigenvalue weighted by molar-refractivity contribution is 0.114. The molecule has 1 aliphatic heterocycles. The van der Waals surface area contributed by atoms with Gasteiger partial charge < -0.3 is 24.8 Å². The zero-order chi connectivity index (χ0) is 18.9. The van der Waals surface area contributed by atoms with E-state index in [1.165, 1.54) is 0 Å². The number of rotatable bonds is 8. The van der Waals surface area contributed by atoms with Crippen molar-refractivity contribution in [2.45, 2.75) is 19.4 Å². The summed E-state index contributed by atoms with van der Waals surface area (Å²) in [6.07, 6.45) is 0.322. The van der Waals surface area contributed by atoms with Gasteiger partial charge in [-0.1, -0.05) is 29.3 Å². The molecule has 0 radical (unpaired) electrons. The minimum absolute atomic E-state index is 0.0865. The molecular weight excluding hydrogens is 377 g/mol. The van der Waals surface area contributed by atoms with Crippen LogP contribution < -0.4 is 10.1 Å². The van der Waals surface area contributed by atoms with Gasteiger partial charge >= 0.3 is 0 Å². The maximum atomic E-state index is 10.2. The highest BCUT2D eigenvalue weighted by Crippen LogP contribution is 2.31. The molecule has 0 aromatic heterocycles. The van der Waals surface area contributed by atoms with Crippen LogP contribution in [0.15, 0.2) is 23.2 Å². The molecule has 2 unspecified atom stereocenters. The average molecular weight is 404 g/mol. The highest BCUT2D eigenvalue weighted by Gasteiger charge is 2.19. The number of hydrogen-bond donors (Lipinski definition) is 2. The van der Waals surface area contributed by atoms with Gasteiger partial charge in [-0.3, -0.25) is 4.99 Å². The molecule has 1 saturated heterocycles. The predicted molar refractivity (Wildman–Crippen MR) is 105 cm³/mol. The maximum Gasteiger partial charge on any atom is 0.193 e. The Kier molecular flexibility index (Phi) is 8.78. The second-order valence-corrected chi connectivity index (χ2v) is 7.11. The molecule has 146 valence electrons. The fraction of sp³-hybridized carbons (Fsp3) is 0.611. The first-order valence-electron chi connectivity index (χ1n) is 8.83. The number of aliphatic hydroxyl groups excluding tert-OH is 1. The van der Waals surface area contributed by atoms with Crippen molar-refractivity contribution in [2.24, 2.45) is 10.9 Å². The molecule has 2 atom stereocenters. The number of benzene rings is 1. The third-order valence-electron chi connectivity index (χ3n) is 4.05. The largest absolute Gasteiger partial charge is 0.489 e. The number of aliphatic imine (C=N–C) groups is 1. The van der Waals surface area contributed by atoms with Crippen molar-refractivity contribution in [1.29, 1.82) is 0 Å². The van der Waals surface area contributed by atoms with Crippen LogP contribution in [0.2, 0.25) is 10.0 Å². The number of hydrogen-bond acceptors (Lipinski definition) is 4. The van der Waals surface area contributed by atoms with E-state index >= 15 is 0 Å². The number of guanidine groups is 1. The van der Waals surface area contributed by atoms with Gasteiger partial charge in [0.15, 0.2) is 5.96 Å². The zero-order valence-electron chi connectivity index (χ0n) is 15.3. The number of ether oxygens (including phenoxy) is 2. The quantitative estimate of drug-likeness (QED) is 0.515. The van der Waals surface area contributed by atoms with Gasteiger partial charge in [-0.15, -0.1) is 0 Å². The van der Waals surface area contributed by atoms with E-state index in [0.717, 1.165) is 38.7 Å². The first-order chi connectivity index (χ1) is 12.5. The lowest BCUT2D eigenvalue weighted by atomic mass is 10.1. The number of aliphatic hydroxyl groups is 1. The highest BCUT2D eigenvalue weighted by atomic mass is 35.5. The molecule has 1 fully saturated rings. The van der Waals surface area contributed by atoms with E-state index in [-0.39, 0.29) is 13.2 Å². The van der Waals surface area contributed by atoms with E-state index in [2.05, 4.69) is 15.2 Å². The third kappa shape index (κ3) is 6.50. The normalized spacial score (nSPS) is 18.7. The Balaban J connectivity index is 1.85. The second kappa shape index (κ2) is 10.8. The van der Waals surface area contributed by atoms with Gasteiger partial charge in [-0.05, 0) is 25.5 Å². The Morgan fingerprint density at radius 2 is 2.31 bits per heavy atom. The summed E-state index contributed by atoms with van der Waals surface area (Å²) in [5.41, 5.74) is 0. The Morgan fingerprint density at radius 3 is 3.00 bits per heavy atom. The molecule has 2 rings (SSSR count). The molecule has 8 heteroatoms. The van der Waals surface area contributed by atoms with Crippen molar-refractivity contribution in [3.63, 3.8) is 0 Å². The molecule has 26 heavy (non-hydrogen) atoms. The van der Waals surface area contributed by atoms with E-state index in [1.54, 1.807) is 18.2 Å². The van der Waals surface area contributed by atoms with Gasteiger partial charge in [0.05, 0.1) is 18.2 Å². The first kappa shape index (κ1) is 21.1. The lowest BCUT2D eigenvalue weighted by Gasteiger charge is -2.25. The minimum atomic E-state index is -0.748. The number of nitrogens with one attached hydrogen (secondary N) is 1. The summed E-state index contributed by atoms with van der Waals surface area (Å²) in [5, 5.41) is 14.2. The van der Waals surface area contributed by atoms with E-state index in [9.17, 15) is 5.11 Å². The van der Waals surface area contributed by atoms with Gasteiger partial charge in [0.1, 0.15) is 23.5 Å². The van der Waals surface area contributed by atoms with Gasteiger partial charge in [0, 0.05) is 32.7 Å². The third-order valence-corrected chi connectivity index (χ3v) is 4.85. The first-order valence-corrected chi connectivity index (χ1v) is 9.59. The van der Waals surface area contributed by atoms with Gasteiger partial charge in [0.25, 0.3) is 0 Å². The van der Waals surface area contributed by atoms with E-state index < -0.39 is 6.10 Å². The molecule has 0 amide bonds. The molecule has 0 aliphatic carbocycles. The van der Waals surface area contributed by atoms with Crippen molar-refractivity contribution >= 4 is 29.2 Å². The van der Waals surface area contributed by atoms with Crippen LogP contribution in [0, 0.1) is 5.92 Å². The molecule has 2 N–H and O–H groups in total. The van der Waals surface area contributed by atoms with Crippen LogP contribution in [0.25, 0.3) is 0 Å². The zero-order valence-corrected chi connectivity index (χ0v) is 16.8. The second-order valence-electron chi connectivity index (χ2n) is 6.32. The standard InChI is InChI=1S/C18H27Cl2N3O3/c1-3-21-18(23(2)10-13-7-8-25-11-13)22-9-14(24)12-26-16-6-4-5-15(19)17(16)20/h4-6,13-14,24H,3,7-12H2,1-2H3,(H,21,22).